The van der Waals surface area contributed by atoms with E-state index in [0.29, 0.717) is 12.3 Å². The van der Waals surface area contributed by atoms with Gasteiger partial charge in [-0.15, -0.1) is 0 Å². The lowest BCUT2D eigenvalue weighted by molar-refractivity contribution is -0.126. The normalized spacial score (nSPS) is 16.3. The average molecular weight is 423 g/mol. The van der Waals surface area contributed by atoms with E-state index in [9.17, 15) is 9.59 Å². The van der Waals surface area contributed by atoms with Gasteiger partial charge in [-0.2, -0.15) is 0 Å². The second-order valence-corrected chi connectivity index (χ2v) is 8.29. The number of furan rings is 1. The summed E-state index contributed by atoms with van der Waals surface area (Å²) in [5.41, 5.74) is 3.18. The minimum Gasteiger partial charge on any atom is -0.459 e. The van der Waals surface area contributed by atoms with Crippen LogP contribution in [-0.4, -0.2) is 53.4 Å². The fourth-order valence-electron chi connectivity index (χ4n) is 4.26. The molecular formula is C24H30N4O3. The highest BCUT2D eigenvalue weighted by Gasteiger charge is 2.28. The maximum Gasteiger partial charge on any atom is 0.287 e. The molecule has 1 unspecified atom stereocenters. The summed E-state index contributed by atoms with van der Waals surface area (Å²) in [4.78, 5) is 30.4. The Hall–Kier alpha value is -3.06. The molecule has 1 aromatic carbocycles. The van der Waals surface area contributed by atoms with E-state index in [-0.39, 0.29) is 23.9 Å². The van der Waals surface area contributed by atoms with Gasteiger partial charge in [0.05, 0.1) is 12.3 Å². The number of amides is 2. The number of rotatable bonds is 7. The van der Waals surface area contributed by atoms with Crippen LogP contribution in [-0.2, 0) is 11.2 Å². The van der Waals surface area contributed by atoms with Gasteiger partial charge in [0, 0.05) is 48.3 Å². The molecule has 0 saturated carbocycles. The summed E-state index contributed by atoms with van der Waals surface area (Å²) in [6.45, 7) is 5.98. The van der Waals surface area contributed by atoms with Gasteiger partial charge in [0.1, 0.15) is 0 Å². The number of H-pyrrole nitrogens is 1. The maximum atomic E-state index is 12.6. The Morgan fingerprint density at radius 3 is 2.74 bits per heavy atom. The Bertz CT molecular complexity index is 1050. The smallest absolute Gasteiger partial charge is 0.287 e. The monoisotopic (exact) mass is 422 g/mol. The van der Waals surface area contributed by atoms with Crippen molar-refractivity contribution in [3.8, 4) is 0 Å². The van der Waals surface area contributed by atoms with Gasteiger partial charge in [0.15, 0.2) is 5.76 Å². The molecule has 1 aliphatic heterocycles. The molecule has 4 rings (SSSR count). The summed E-state index contributed by atoms with van der Waals surface area (Å²) in [5.74, 6) is 0.267. The van der Waals surface area contributed by atoms with E-state index in [0.717, 1.165) is 43.4 Å². The van der Waals surface area contributed by atoms with Crippen LogP contribution in [0.3, 0.4) is 0 Å². The predicted octanol–water partition coefficient (Wildman–Crippen LogP) is 3.01. The number of aromatic nitrogens is 1. The molecule has 1 atom stereocenters. The van der Waals surface area contributed by atoms with Crippen molar-refractivity contribution in [3.05, 3.63) is 59.7 Å². The van der Waals surface area contributed by atoms with Crippen LogP contribution < -0.4 is 10.6 Å². The highest BCUT2D eigenvalue weighted by Crippen LogP contribution is 2.18. The Kier molecular flexibility index (Phi) is 6.42. The largest absolute Gasteiger partial charge is 0.459 e. The standard InChI is InChI=1S/C24H30N4O3/c1-16-10-14-31-22(16)24(30)27-19-8-12-28(13-9-19)17(2)23(29)25-11-7-18-15-26-21-6-4-3-5-20(18)21/h3-6,10,14-15,17,19,26H,7-9,11-13H2,1-2H3,(H,25,29)(H,27,30). The van der Waals surface area contributed by atoms with E-state index in [1.807, 2.05) is 32.2 Å². The molecule has 3 N–H and O–H groups in total. The molecule has 2 aromatic heterocycles. The van der Waals surface area contributed by atoms with Crippen molar-refractivity contribution in [2.45, 2.75) is 45.2 Å². The number of hydrogen-bond donors (Lipinski definition) is 3. The quantitative estimate of drug-likeness (QED) is 0.546. The number of hydrogen-bond acceptors (Lipinski definition) is 4. The molecule has 31 heavy (non-hydrogen) atoms. The van der Waals surface area contributed by atoms with E-state index in [2.05, 4.69) is 32.7 Å². The van der Waals surface area contributed by atoms with E-state index in [1.165, 1.54) is 17.2 Å². The molecule has 0 bridgehead atoms. The van der Waals surface area contributed by atoms with Crippen molar-refractivity contribution in [2.24, 2.45) is 0 Å². The SMILES string of the molecule is Cc1ccoc1C(=O)NC1CCN(C(C)C(=O)NCCc2c[nH]c3ccccc23)CC1. The Morgan fingerprint density at radius 1 is 1.23 bits per heavy atom. The van der Waals surface area contributed by atoms with Crippen LogP contribution in [0.2, 0.25) is 0 Å². The van der Waals surface area contributed by atoms with E-state index in [1.54, 1.807) is 6.07 Å². The minimum atomic E-state index is -0.188. The van der Waals surface area contributed by atoms with Gasteiger partial charge in [-0.3, -0.25) is 14.5 Å². The lowest BCUT2D eigenvalue weighted by Gasteiger charge is -2.35. The van der Waals surface area contributed by atoms with Crippen LogP contribution in [0.4, 0.5) is 0 Å². The number of aromatic amines is 1. The number of carbonyl (C=O) groups is 2. The molecular weight excluding hydrogens is 392 g/mol. The van der Waals surface area contributed by atoms with E-state index >= 15 is 0 Å². The van der Waals surface area contributed by atoms with Gasteiger partial charge >= 0.3 is 0 Å². The molecule has 2 amide bonds. The lowest BCUT2D eigenvalue weighted by atomic mass is 10.0. The van der Waals surface area contributed by atoms with E-state index in [4.69, 9.17) is 4.42 Å². The summed E-state index contributed by atoms with van der Waals surface area (Å²) < 4.78 is 5.27. The van der Waals surface area contributed by atoms with Crippen molar-refractivity contribution in [1.29, 1.82) is 0 Å². The first-order valence-electron chi connectivity index (χ1n) is 10.9. The number of aryl methyl sites for hydroxylation is 1. The first-order valence-corrected chi connectivity index (χ1v) is 10.9. The topological polar surface area (TPSA) is 90.4 Å². The van der Waals surface area contributed by atoms with Crippen LogP contribution in [0.1, 0.15) is 41.4 Å². The molecule has 0 radical (unpaired) electrons. The number of nitrogens with zero attached hydrogens (tertiary/aromatic N) is 1. The van der Waals surface area contributed by atoms with Crippen LogP contribution in [0.25, 0.3) is 10.9 Å². The number of benzene rings is 1. The van der Waals surface area contributed by atoms with Crippen molar-refractivity contribution in [3.63, 3.8) is 0 Å². The highest BCUT2D eigenvalue weighted by atomic mass is 16.3. The summed E-state index contributed by atoms with van der Waals surface area (Å²) >= 11 is 0. The first kappa shape index (κ1) is 21.2. The first-order chi connectivity index (χ1) is 15.0. The summed E-state index contributed by atoms with van der Waals surface area (Å²) in [6.07, 6.45) is 5.98. The Labute approximate surface area is 182 Å². The molecule has 3 aromatic rings. The fourth-order valence-corrected chi connectivity index (χ4v) is 4.26. The van der Waals surface area contributed by atoms with Gasteiger partial charge in [-0.1, -0.05) is 18.2 Å². The zero-order valence-corrected chi connectivity index (χ0v) is 18.1. The number of fused-ring (bicyclic) bond motifs is 1. The number of para-hydroxylation sites is 1. The zero-order chi connectivity index (χ0) is 21.8. The Morgan fingerprint density at radius 2 is 2.00 bits per heavy atom. The van der Waals surface area contributed by atoms with Gasteiger partial charge in [-0.05, 0) is 50.8 Å². The molecule has 0 aliphatic carbocycles. The van der Waals surface area contributed by atoms with Crippen LogP contribution in [0.15, 0.2) is 47.2 Å². The molecule has 7 heteroatoms. The molecule has 0 spiro atoms. The van der Waals surface area contributed by atoms with Gasteiger partial charge < -0.3 is 20.0 Å². The molecule has 1 saturated heterocycles. The average Bonchev–Trinajstić information content (AvgIpc) is 3.40. The minimum absolute atomic E-state index is 0.0496. The van der Waals surface area contributed by atoms with Crippen molar-refractivity contribution in [2.75, 3.05) is 19.6 Å². The highest BCUT2D eigenvalue weighted by molar-refractivity contribution is 5.93. The number of carbonyl (C=O) groups excluding carboxylic acids is 2. The third-order valence-electron chi connectivity index (χ3n) is 6.23. The fraction of sp³-hybridized carbons (Fsp3) is 0.417. The number of piperidine rings is 1. The maximum absolute atomic E-state index is 12.6. The van der Waals surface area contributed by atoms with Crippen molar-refractivity contribution < 1.29 is 14.0 Å². The molecule has 1 aliphatic rings. The third kappa shape index (κ3) is 4.82. The van der Waals surface area contributed by atoms with Crippen molar-refractivity contribution >= 4 is 22.7 Å². The second kappa shape index (κ2) is 9.39. The zero-order valence-electron chi connectivity index (χ0n) is 18.1. The van der Waals surface area contributed by atoms with Gasteiger partial charge in [0.2, 0.25) is 5.91 Å². The number of nitrogens with one attached hydrogen (secondary N) is 3. The van der Waals surface area contributed by atoms with E-state index < -0.39 is 0 Å². The van der Waals surface area contributed by atoms with Crippen molar-refractivity contribution in [1.82, 2.24) is 20.5 Å². The summed E-state index contributed by atoms with van der Waals surface area (Å²) in [6, 6.07) is 9.90. The number of likely N-dealkylation sites (tertiary alicyclic amines) is 1. The van der Waals surface area contributed by atoms with Gasteiger partial charge in [0.25, 0.3) is 5.91 Å². The molecule has 164 valence electrons. The molecule has 1 fully saturated rings. The van der Waals surface area contributed by atoms with Gasteiger partial charge in [-0.25, -0.2) is 0 Å². The van der Waals surface area contributed by atoms with Crippen LogP contribution >= 0.6 is 0 Å². The van der Waals surface area contributed by atoms with Crippen LogP contribution in [0, 0.1) is 6.92 Å². The Balaban J connectivity index is 1.21. The summed E-state index contributed by atoms with van der Waals surface area (Å²) in [7, 11) is 0. The lowest BCUT2D eigenvalue weighted by Crippen LogP contribution is -2.51. The molecule has 3 heterocycles. The summed E-state index contributed by atoms with van der Waals surface area (Å²) in [5, 5.41) is 7.33. The second-order valence-electron chi connectivity index (χ2n) is 8.29. The molecule has 7 nitrogen and oxygen atoms in total. The predicted molar refractivity (Wildman–Crippen MR) is 120 cm³/mol. The van der Waals surface area contributed by atoms with Crippen LogP contribution in [0.5, 0.6) is 0 Å². The third-order valence-corrected chi connectivity index (χ3v) is 6.23.